The van der Waals surface area contributed by atoms with Gasteiger partial charge >= 0.3 is 0 Å². The number of benzene rings is 2. The number of carbonyl (C=O) groups excluding carboxylic acids is 2. The second-order valence-corrected chi connectivity index (χ2v) is 7.82. The highest BCUT2D eigenvalue weighted by Crippen LogP contribution is 2.27. The Kier molecular flexibility index (Phi) is 8.05. The molecule has 0 spiro atoms. The first kappa shape index (κ1) is 22.7. The summed E-state index contributed by atoms with van der Waals surface area (Å²) in [4.78, 5) is 27.4. The van der Waals surface area contributed by atoms with Crippen LogP contribution >= 0.6 is 11.6 Å². The van der Waals surface area contributed by atoms with Crippen molar-refractivity contribution in [1.82, 2.24) is 4.90 Å². The number of hydrogen-bond acceptors (Lipinski definition) is 3. The lowest BCUT2D eigenvalue weighted by atomic mass is 10.1. The van der Waals surface area contributed by atoms with Crippen LogP contribution < -0.4 is 15.0 Å². The van der Waals surface area contributed by atoms with Gasteiger partial charge in [0.15, 0.2) is 13.1 Å². The van der Waals surface area contributed by atoms with E-state index in [9.17, 15) is 9.59 Å². The normalized spacial score (nSPS) is 11.7. The van der Waals surface area contributed by atoms with Gasteiger partial charge in [-0.1, -0.05) is 35.4 Å². The van der Waals surface area contributed by atoms with E-state index in [1.54, 1.807) is 30.1 Å². The Bertz CT molecular complexity index is 886. The minimum absolute atomic E-state index is 0.0180. The van der Waals surface area contributed by atoms with Gasteiger partial charge in [0.2, 0.25) is 0 Å². The summed E-state index contributed by atoms with van der Waals surface area (Å²) in [6, 6.07) is 11.2. The monoisotopic (exact) mass is 418 g/mol. The van der Waals surface area contributed by atoms with E-state index in [2.05, 4.69) is 17.4 Å². The molecule has 2 aromatic rings. The van der Waals surface area contributed by atoms with E-state index in [0.29, 0.717) is 23.0 Å². The number of carbonyl (C=O) groups is 2. The number of anilines is 1. The van der Waals surface area contributed by atoms with Gasteiger partial charge in [-0.3, -0.25) is 9.59 Å². The number of nitrogens with zero attached hydrogens (tertiary/aromatic N) is 1. The molecule has 7 heteroatoms. The molecule has 156 valence electrons. The lowest BCUT2D eigenvalue weighted by Gasteiger charge is -2.21. The average Bonchev–Trinajstić information content (AvgIpc) is 2.63. The molecule has 0 heterocycles. The maximum Gasteiger partial charge on any atom is 0.279 e. The molecule has 2 aromatic carbocycles. The molecule has 2 N–H and O–H groups in total. The molecule has 6 nitrogen and oxygen atoms in total. The molecular weight excluding hydrogens is 390 g/mol. The third kappa shape index (κ3) is 6.76. The van der Waals surface area contributed by atoms with Crippen molar-refractivity contribution in [2.24, 2.45) is 0 Å². The largest absolute Gasteiger partial charge is 0.495 e. The number of ether oxygens (including phenoxy) is 1. The standard InChI is InChI=1S/C22H28ClN3O3/c1-15-6-7-17(16(2)10-15)12-26(4)22(28)14-25(3)13-21(27)24-19-11-18(23)8-9-20(19)29-5/h6-11H,12-14H2,1-5H3,(H,24,27)/p+1. The molecule has 0 fully saturated rings. The number of methoxy groups -OCH3 is 1. The van der Waals surface area contributed by atoms with Gasteiger partial charge in [-0.05, 0) is 43.2 Å². The minimum Gasteiger partial charge on any atom is -0.495 e. The molecule has 2 rings (SSSR count). The molecule has 0 radical (unpaired) electrons. The SMILES string of the molecule is COc1ccc(Cl)cc1NC(=O)C[NH+](C)CC(=O)N(C)Cc1ccc(C)cc1C. The van der Waals surface area contributed by atoms with Gasteiger partial charge in [-0.25, -0.2) is 0 Å². The minimum atomic E-state index is -0.215. The Morgan fingerprint density at radius 3 is 2.52 bits per heavy atom. The quantitative estimate of drug-likeness (QED) is 0.690. The van der Waals surface area contributed by atoms with Crippen molar-refractivity contribution < 1.29 is 19.2 Å². The molecule has 0 aliphatic carbocycles. The summed E-state index contributed by atoms with van der Waals surface area (Å²) in [6.07, 6.45) is 0. The van der Waals surface area contributed by atoms with Crippen molar-refractivity contribution in [3.05, 3.63) is 58.1 Å². The summed E-state index contributed by atoms with van der Waals surface area (Å²) in [7, 11) is 5.13. The number of rotatable bonds is 8. The topological polar surface area (TPSA) is 63.1 Å². The van der Waals surface area contributed by atoms with Gasteiger partial charge in [0, 0.05) is 18.6 Å². The van der Waals surface area contributed by atoms with Crippen LogP contribution in [0.4, 0.5) is 5.69 Å². The van der Waals surface area contributed by atoms with Crippen molar-refractivity contribution in [3.63, 3.8) is 0 Å². The van der Waals surface area contributed by atoms with Crippen molar-refractivity contribution in [2.75, 3.05) is 39.6 Å². The zero-order valence-corrected chi connectivity index (χ0v) is 18.4. The maximum atomic E-state index is 12.6. The maximum absolute atomic E-state index is 12.6. The highest BCUT2D eigenvalue weighted by Gasteiger charge is 2.19. The molecule has 1 unspecified atom stereocenters. The lowest BCUT2D eigenvalue weighted by Crippen LogP contribution is -3.11. The predicted octanol–water partition coefficient (Wildman–Crippen LogP) is 2.08. The summed E-state index contributed by atoms with van der Waals surface area (Å²) in [6.45, 7) is 5.02. The van der Waals surface area contributed by atoms with E-state index >= 15 is 0 Å². The second kappa shape index (κ2) is 10.3. The average molecular weight is 419 g/mol. The first-order chi connectivity index (χ1) is 13.7. The number of aryl methyl sites for hydroxylation is 2. The van der Waals surface area contributed by atoms with Crippen molar-refractivity contribution in [3.8, 4) is 5.75 Å². The third-order valence-electron chi connectivity index (χ3n) is 4.68. The molecular formula is C22H29ClN3O3+. The Hall–Kier alpha value is -2.57. The van der Waals surface area contributed by atoms with Crippen LogP contribution in [0.5, 0.6) is 5.75 Å². The summed E-state index contributed by atoms with van der Waals surface area (Å²) >= 11 is 5.99. The van der Waals surface area contributed by atoms with Crippen LogP contribution in [-0.4, -0.2) is 51.0 Å². The second-order valence-electron chi connectivity index (χ2n) is 7.38. The molecule has 2 amide bonds. The van der Waals surface area contributed by atoms with Crippen LogP contribution in [0.2, 0.25) is 5.02 Å². The molecule has 29 heavy (non-hydrogen) atoms. The molecule has 1 atom stereocenters. The van der Waals surface area contributed by atoms with Crippen LogP contribution in [0.25, 0.3) is 0 Å². The zero-order valence-electron chi connectivity index (χ0n) is 17.6. The Labute approximate surface area is 177 Å². The number of halogens is 1. The van der Waals surface area contributed by atoms with Gasteiger partial charge in [-0.15, -0.1) is 0 Å². The fourth-order valence-corrected chi connectivity index (χ4v) is 3.24. The number of likely N-dealkylation sites (N-methyl/N-ethyl adjacent to an activating group) is 2. The van der Waals surface area contributed by atoms with Crippen molar-refractivity contribution >= 4 is 29.1 Å². The number of nitrogens with one attached hydrogen (secondary N) is 2. The summed E-state index contributed by atoms with van der Waals surface area (Å²) in [5.41, 5.74) is 4.00. The van der Waals surface area contributed by atoms with Gasteiger partial charge in [0.25, 0.3) is 11.8 Å². The Morgan fingerprint density at radius 1 is 1.14 bits per heavy atom. The van der Waals surface area contributed by atoms with Crippen LogP contribution in [0.1, 0.15) is 16.7 Å². The van der Waals surface area contributed by atoms with Gasteiger partial charge in [-0.2, -0.15) is 0 Å². The smallest absolute Gasteiger partial charge is 0.279 e. The molecule has 0 aliphatic rings. The van der Waals surface area contributed by atoms with Gasteiger partial charge < -0.3 is 19.9 Å². The number of quaternary nitrogens is 1. The predicted molar refractivity (Wildman–Crippen MR) is 116 cm³/mol. The number of hydrogen-bond donors (Lipinski definition) is 2. The van der Waals surface area contributed by atoms with E-state index in [1.165, 1.54) is 18.2 Å². The summed E-state index contributed by atoms with van der Waals surface area (Å²) in [5, 5.41) is 3.30. The van der Waals surface area contributed by atoms with E-state index in [0.717, 1.165) is 10.5 Å². The molecule has 0 bridgehead atoms. The highest BCUT2D eigenvalue weighted by molar-refractivity contribution is 6.31. The Balaban J connectivity index is 1.89. The van der Waals surface area contributed by atoms with Crippen molar-refractivity contribution in [2.45, 2.75) is 20.4 Å². The third-order valence-corrected chi connectivity index (χ3v) is 4.92. The van der Waals surface area contributed by atoms with Crippen LogP contribution in [0.15, 0.2) is 36.4 Å². The van der Waals surface area contributed by atoms with E-state index in [-0.39, 0.29) is 24.9 Å². The van der Waals surface area contributed by atoms with E-state index in [1.807, 2.05) is 27.0 Å². The fourth-order valence-electron chi connectivity index (χ4n) is 3.07. The Morgan fingerprint density at radius 2 is 1.86 bits per heavy atom. The molecule has 0 aromatic heterocycles. The number of amides is 2. The zero-order chi connectivity index (χ0) is 21.6. The molecule has 0 saturated heterocycles. The fraction of sp³-hybridized carbons (Fsp3) is 0.364. The van der Waals surface area contributed by atoms with Gasteiger partial charge in [0.1, 0.15) is 5.75 Å². The van der Waals surface area contributed by atoms with E-state index < -0.39 is 0 Å². The van der Waals surface area contributed by atoms with Crippen molar-refractivity contribution in [1.29, 1.82) is 0 Å². The molecule has 0 aliphatic heterocycles. The first-order valence-electron chi connectivity index (χ1n) is 9.44. The van der Waals surface area contributed by atoms with Crippen LogP contribution in [0, 0.1) is 13.8 Å². The lowest BCUT2D eigenvalue weighted by molar-refractivity contribution is -0.862. The molecule has 0 saturated carbocycles. The highest BCUT2D eigenvalue weighted by atomic mass is 35.5. The summed E-state index contributed by atoms with van der Waals surface area (Å²) in [5.74, 6) is 0.299. The summed E-state index contributed by atoms with van der Waals surface area (Å²) < 4.78 is 5.23. The van der Waals surface area contributed by atoms with Crippen LogP contribution in [0.3, 0.4) is 0 Å². The van der Waals surface area contributed by atoms with Crippen LogP contribution in [-0.2, 0) is 16.1 Å². The van der Waals surface area contributed by atoms with E-state index in [4.69, 9.17) is 16.3 Å². The van der Waals surface area contributed by atoms with Gasteiger partial charge in [0.05, 0.1) is 19.8 Å². The first-order valence-corrected chi connectivity index (χ1v) is 9.82.